The molecular weight excluding hydrogens is 332 g/mol. The molecule has 0 spiro atoms. The number of methoxy groups -OCH3 is 2. The third-order valence-corrected chi connectivity index (χ3v) is 5.84. The molecule has 1 aromatic carbocycles. The van der Waals surface area contributed by atoms with Crippen LogP contribution in [0.25, 0.3) is 0 Å². The summed E-state index contributed by atoms with van der Waals surface area (Å²) in [5, 5.41) is 0.833. The molecule has 0 aromatic heterocycles. The molecule has 1 aliphatic rings. The fraction of sp³-hybridized carbons (Fsp3) is 0.625. The number of nitrogens with zero attached hydrogens (tertiary/aromatic N) is 1. The lowest BCUT2D eigenvalue weighted by Gasteiger charge is -2.27. The third-order valence-electron chi connectivity index (χ3n) is 3.75. The van der Waals surface area contributed by atoms with E-state index >= 15 is 0 Å². The van der Waals surface area contributed by atoms with Gasteiger partial charge in [0.2, 0.25) is 10.0 Å². The van der Waals surface area contributed by atoms with E-state index in [2.05, 4.69) is 4.72 Å². The maximum Gasteiger partial charge on any atom is 0.219 e. The molecular formula is C16H26N2O5S. The van der Waals surface area contributed by atoms with Crippen LogP contribution in [0, 0.1) is 0 Å². The van der Waals surface area contributed by atoms with E-state index in [-0.39, 0.29) is 6.61 Å². The van der Waals surface area contributed by atoms with Crippen LogP contribution in [0.5, 0.6) is 11.5 Å². The summed E-state index contributed by atoms with van der Waals surface area (Å²) in [5.41, 5.74) is 0.201. The molecule has 0 bridgehead atoms. The minimum atomic E-state index is -3.59. The topological polar surface area (TPSA) is 77.1 Å². The molecule has 0 unspecified atom stereocenters. The van der Waals surface area contributed by atoms with E-state index < -0.39 is 26.9 Å². The van der Waals surface area contributed by atoms with Gasteiger partial charge >= 0.3 is 0 Å². The molecule has 0 amide bonds. The summed E-state index contributed by atoms with van der Waals surface area (Å²) in [4.78, 5) is 5.51. The molecule has 8 heteroatoms. The van der Waals surface area contributed by atoms with Gasteiger partial charge in [-0.05, 0) is 38.5 Å². The van der Waals surface area contributed by atoms with E-state index in [1.807, 2.05) is 20.8 Å². The van der Waals surface area contributed by atoms with Gasteiger partial charge < -0.3 is 9.47 Å². The molecule has 1 fully saturated rings. The van der Waals surface area contributed by atoms with Crippen molar-refractivity contribution in [3.05, 3.63) is 23.8 Å². The molecule has 1 aliphatic heterocycles. The highest BCUT2D eigenvalue weighted by atomic mass is 32.2. The number of hydrogen-bond donors (Lipinski definition) is 1. The van der Waals surface area contributed by atoms with E-state index in [0.29, 0.717) is 11.5 Å². The van der Waals surface area contributed by atoms with E-state index in [4.69, 9.17) is 14.3 Å². The second-order valence-electron chi connectivity index (χ2n) is 6.87. The lowest BCUT2D eigenvalue weighted by atomic mass is 10.0. The number of sulfonamides is 1. The fourth-order valence-corrected chi connectivity index (χ4v) is 4.70. The molecule has 1 saturated heterocycles. The highest BCUT2D eigenvalue weighted by Crippen LogP contribution is 2.37. The van der Waals surface area contributed by atoms with Crippen LogP contribution in [-0.4, -0.2) is 52.1 Å². The number of hydroxylamine groups is 2. The third kappa shape index (κ3) is 4.18. The average Bonchev–Trinajstić information content (AvgIpc) is 2.87. The van der Waals surface area contributed by atoms with Crippen LogP contribution in [0.4, 0.5) is 0 Å². The molecule has 2 atom stereocenters. The highest BCUT2D eigenvalue weighted by molar-refractivity contribution is 7.90. The van der Waals surface area contributed by atoms with Crippen molar-refractivity contribution in [3.8, 4) is 11.5 Å². The monoisotopic (exact) mass is 358 g/mol. The quantitative estimate of drug-likeness (QED) is 0.863. The van der Waals surface area contributed by atoms with Crippen molar-refractivity contribution in [2.75, 3.05) is 27.9 Å². The highest BCUT2D eigenvalue weighted by Gasteiger charge is 2.44. The lowest BCUT2D eigenvalue weighted by Crippen LogP contribution is -2.47. The summed E-state index contributed by atoms with van der Waals surface area (Å²) in [6.45, 7) is 5.53. The van der Waals surface area contributed by atoms with Crippen LogP contribution < -0.4 is 14.2 Å². The molecule has 2 rings (SSSR count). The second-order valence-corrected chi connectivity index (χ2v) is 8.77. The Hall–Kier alpha value is -1.35. The molecule has 1 heterocycles. The van der Waals surface area contributed by atoms with E-state index in [0.717, 1.165) is 5.56 Å². The summed E-state index contributed by atoms with van der Waals surface area (Å²) in [6, 6.07) is 4.89. The Kier molecular flexibility index (Phi) is 5.44. The van der Waals surface area contributed by atoms with Crippen LogP contribution in [0.2, 0.25) is 0 Å². The van der Waals surface area contributed by atoms with Gasteiger partial charge in [-0.1, -0.05) is 0 Å². The predicted octanol–water partition coefficient (Wildman–Crippen LogP) is 1.71. The molecule has 0 radical (unpaired) electrons. The van der Waals surface area contributed by atoms with Crippen molar-refractivity contribution in [2.24, 2.45) is 0 Å². The Labute approximate surface area is 143 Å². The lowest BCUT2D eigenvalue weighted by molar-refractivity contribution is -0.110. The van der Waals surface area contributed by atoms with Crippen LogP contribution in [-0.2, 0) is 14.9 Å². The largest absolute Gasteiger partial charge is 0.497 e. The van der Waals surface area contributed by atoms with Crippen LogP contribution in [0.1, 0.15) is 32.4 Å². The van der Waals surface area contributed by atoms with Crippen LogP contribution >= 0.6 is 0 Å². The second kappa shape index (κ2) is 6.87. The molecule has 1 aromatic rings. The zero-order chi connectivity index (χ0) is 18.1. The summed E-state index contributed by atoms with van der Waals surface area (Å²) >= 11 is 0. The number of hydrogen-bond acceptors (Lipinski definition) is 6. The number of ether oxygens (including phenoxy) is 2. The van der Waals surface area contributed by atoms with Crippen molar-refractivity contribution in [3.63, 3.8) is 0 Å². The summed E-state index contributed by atoms with van der Waals surface area (Å²) in [5.74, 6) is 1.20. The van der Waals surface area contributed by atoms with Gasteiger partial charge in [-0.2, -0.15) is 5.06 Å². The van der Waals surface area contributed by atoms with Crippen molar-refractivity contribution in [2.45, 2.75) is 37.6 Å². The Bertz CT molecular complexity index is 662. The molecule has 136 valence electrons. The Morgan fingerprint density at radius 2 is 1.71 bits per heavy atom. The van der Waals surface area contributed by atoms with Crippen LogP contribution in [0.15, 0.2) is 18.2 Å². The smallest absolute Gasteiger partial charge is 0.219 e. The molecule has 7 nitrogen and oxygen atoms in total. The number of rotatable bonds is 5. The maximum absolute atomic E-state index is 12.8. The predicted molar refractivity (Wildman–Crippen MR) is 91.6 cm³/mol. The van der Waals surface area contributed by atoms with Gasteiger partial charge in [0.1, 0.15) is 16.7 Å². The minimum absolute atomic E-state index is 0.0894. The Balaban J connectivity index is 2.43. The zero-order valence-corrected chi connectivity index (χ0v) is 15.8. The number of benzene rings is 1. The van der Waals surface area contributed by atoms with Gasteiger partial charge in [0.25, 0.3) is 0 Å². The van der Waals surface area contributed by atoms with Crippen molar-refractivity contribution >= 4 is 10.0 Å². The van der Waals surface area contributed by atoms with Crippen molar-refractivity contribution < 1.29 is 22.7 Å². The summed E-state index contributed by atoms with van der Waals surface area (Å²) in [7, 11) is 1.26. The van der Waals surface area contributed by atoms with E-state index in [9.17, 15) is 8.42 Å². The van der Waals surface area contributed by atoms with Gasteiger partial charge in [0.15, 0.2) is 0 Å². The Morgan fingerprint density at radius 3 is 2.17 bits per heavy atom. The molecule has 1 N–H and O–H groups in total. The summed E-state index contributed by atoms with van der Waals surface area (Å²) < 4.78 is 38.9. The van der Waals surface area contributed by atoms with Crippen molar-refractivity contribution in [1.29, 1.82) is 0 Å². The summed E-state index contributed by atoms with van der Waals surface area (Å²) in [6.07, 6.45) is 0. The molecule has 0 saturated carbocycles. The minimum Gasteiger partial charge on any atom is -0.497 e. The standard InChI is InChI=1S/C16H26N2O5S/c1-16(2,3)17-24(19,20)14-10-23-18(4)15(14)11-7-12(21-5)9-13(8-11)22-6/h7-9,14-15,17H,10H2,1-6H3/t14-,15+/m0/s1. The van der Waals surface area contributed by atoms with Crippen molar-refractivity contribution in [1.82, 2.24) is 9.79 Å². The van der Waals surface area contributed by atoms with Gasteiger partial charge in [-0.3, -0.25) is 4.84 Å². The van der Waals surface area contributed by atoms with E-state index in [1.165, 1.54) is 0 Å². The first kappa shape index (κ1) is 19.0. The van der Waals surface area contributed by atoms with Gasteiger partial charge in [-0.15, -0.1) is 0 Å². The zero-order valence-electron chi connectivity index (χ0n) is 15.0. The van der Waals surface area contributed by atoms with E-state index in [1.54, 1.807) is 44.5 Å². The molecule has 24 heavy (non-hydrogen) atoms. The molecule has 0 aliphatic carbocycles. The SMILES string of the molecule is COc1cc(OC)cc([C@@H]2[C@@H](S(=O)(=O)NC(C)(C)C)CON2C)c1. The first-order chi connectivity index (χ1) is 11.1. The van der Waals surface area contributed by atoms with Gasteiger partial charge in [0, 0.05) is 18.7 Å². The first-order valence-corrected chi connectivity index (χ1v) is 9.23. The average molecular weight is 358 g/mol. The fourth-order valence-electron chi connectivity index (χ4n) is 2.78. The maximum atomic E-state index is 12.8. The van der Waals surface area contributed by atoms with Crippen LogP contribution in [0.3, 0.4) is 0 Å². The Morgan fingerprint density at radius 1 is 1.17 bits per heavy atom. The van der Waals surface area contributed by atoms with Gasteiger partial charge in [0.05, 0.1) is 26.9 Å². The first-order valence-electron chi connectivity index (χ1n) is 7.69. The normalized spacial score (nSPS) is 22.6. The number of nitrogens with one attached hydrogen (secondary N) is 1. The van der Waals surface area contributed by atoms with Gasteiger partial charge in [-0.25, -0.2) is 13.1 Å².